The highest BCUT2D eigenvalue weighted by Gasteiger charge is 2.28. The number of hydrogen-bond donors (Lipinski definition) is 1. The second kappa shape index (κ2) is 8.46. The Morgan fingerprint density at radius 2 is 1.80 bits per heavy atom. The second-order valence-electron chi connectivity index (χ2n) is 6.71. The summed E-state index contributed by atoms with van der Waals surface area (Å²) in [5.41, 5.74) is 3.56. The molecule has 0 atom stereocenters. The average molecular weight is 394 g/mol. The molecule has 4 rings (SSSR count). The average Bonchev–Trinajstić information content (AvgIpc) is 2.78. The molecule has 0 spiro atoms. The zero-order chi connectivity index (χ0) is 20.9. The van der Waals surface area contributed by atoms with Crippen LogP contribution in [-0.2, 0) is 11.2 Å². The summed E-state index contributed by atoms with van der Waals surface area (Å²) in [6.45, 7) is 0. The lowest BCUT2D eigenvalue weighted by Gasteiger charge is -2.18. The number of fused-ring (bicyclic) bond motifs is 1. The third-order valence-corrected chi connectivity index (χ3v) is 4.70. The van der Waals surface area contributed by atoms with Crippen molar-refractivity contribution in [3.63, 3.8) is 0 Å². The number of pyridine rings is 1. The van der Waals surface area contributed by atoms with Gasteiger partial charge in [0.2, 0.25) is 5.78 Å². The number of rotatable bonds is 3. The van der Waals surface area contributed by atoms with E-state index in [0.29, 0.717) is 17.7 Å². The van der Waals surface area contributed by atoms with Crippen molar-refractivity contribution in [3.05, 3.63) is 94.8 Å². The molecule has 3 aromatic rings. The fourth-order valence-corrected chi connectivity index (χ4v) is 3.11. The summed E-state index contributed by atoms with van der Waals surface area (Å²) >= 11 is 0. The highest BCUT2D eigenvalue weighted by Crippen LogP contribution is 2.27. The first-order valence-corrected chi connectivity index (χ1v) is 9.37. The van der Waals surface area contributed by atoms with Gasteiger partial charge in [0.05, 0.1) is 18.4 Å². The number of hydrogen-bond acceptors (Lipinski definition) is 4. The van der Waals surface area contributed by atoms with Gasteiger partial charge in [0.1, 0.15) is 5.75 Å². The number of nitrogens with one attached hydrogen (secondary N) is 1. The number of anilines is 1. The summed E-state index contributed by atoms with van der Waals surface area (Å²) in [6.07, 6.45) is 5.38. The van der Waals surface area contributed by atoms with Gasteiger partial charge in [0.25, 0.3) is 5.91 Å². The van der Waals surface area contributed by atoms with Crippen molar-refractivity contribution >= 4 is 23.5 Å². The van der Waals surface area contributed by atoms with E-state index in [0.717, 1.165) is 22.4 Å². The number of benzene rings is 2. The first-order valence-electron chi connectivity index (χ1n) is 9.37. The van der Waals surface area contributed by atoms with Crippen LogP contribution in [0.1, 0.15) is 27.0 Å². The molecule has 2 aromatic carbocycles. The van der Waals surface area contributed by atoms with E-state index in [1.807, 2.05) is 24.3 Å². The minimum Gasteiger partial charge on any atom is -0.497 e. The van der Waals surface area contributed by atoms with Crippen molar-refractivity contribution in [1.82, 2.24) is 4.98 Å². The number of carbonyl (C=O) groups excluding carboxylic acids is 2. The first kappa shape index (κ1) is 19.2. The Morgan fingerprint density at radius 3 is 2.53 bits per heavy atom. The zero-order valence-electron chi connectivity index (χ0n) is 16.3. The van der Waals surface area contributed by atoms with Gasteiger partial charge in [0, 0.05) is 29.9 Å². The van der Waals surface area contributed by atoms with Gasteiger partial charge in [-0.2, -0.15) is 0 Å². The van der Waals surface area contributed by atoms with Crippen LogP contribution < -0.4 is 10.1 Å². The monoisotopic (exact) mass is 394 g/mol. The predicted molar refractivity (Wildman–Crippen MR) is 115 cm³/mol. The Balaban J connectivity index is 1.57. The third-order valence-electron chi connectivity index (χ3n) is 4.70. The van der Waals surface area contributed by atoms with E-state index < -0.39 is 5.91 Å². The second-order valence-corrected chi connectivity index (χ2v) is 6.71. The van der Waals surface area contributed by atoms with Crippen molar-refractivity contribution < 1.29 is 14.3 Å². The topological polar surface area (TPSA) is 68.3 Å². The lowest BCUT2D eigenvalue weighted by molar-refractivity contribution is -0.112. The molecule has 1 N–H and O–H groups in total. The first-order chi connectivity index (χ1) is 14.6. The summed E-state index contributed by atoms with van der Waals surface area (Å²) in [7, 11) is 1.63. The largest absolute Gasteiger partial charge is 0.497 e. The standard InChI is InChI=1S/C25H18N2O3/c1-30-20-8-5-17(6-9-20)3-2-4-18-7-10-23-21(15-18)24(28)22(25(29)27-23)16-19-11-13-26-14-12-19/h5-16H,3H2,1H3,(H,27,29)/b22-16+. The van der Waals surface area contributed by atoms with Gasteiger partial charge in [-0.1, -0.05) is 24.0 Å². The van der Waals surface area contributed by atoms with Gasteiger partial charge in [-0.25, -0.2) is 0 Å². The number of carbonyl (C=O) groups is 2. The van der Waals surface area contributed by atoms with Crippen molar-refractivity contribution in [2.24, 2.45) is 0 Å². The quantitative estimate of drug-likeness (QED) is 0.416. The van der Waals surface area contributed by atoms with E-state index in [1.54, 1.807) is 55.9 Å². The van der Waals surface area contributed by atoms with E-state index in [9.17, 15) is 9.59 Å². The molecule has 30 heavy (non-hydrogen) atoms. The number of nitrogens with zero attached hydrogens (tertiary/aromatic N) is 1. The predicted octanol–water partition coefficient (Wildman–Crippen LogP) is 3.90. The van der Waals surface area contributed by atoms with Crippen molar-refractivity contribution in [1.29, 1.82) is 0 Å². The molecule has 0 radical (unpaired) electrons. The van der Waals surface area contributed by atoms with Gasteiger partial charge in [-0.05, 0) is 59.7 Å². The summed E-state index contributed by atoms with van der Waals surface area (Å²) < 4.78 is 5.15. The lowest BCUT2D eigenvalue weighted by atomic mass is 9.94. The Hall–Kier alpha value is -4.17. The Bertz CT molecular complexity index is 1200. The van der Waals surface area contributed by atoms with Crippen LogP contribution in [0.2, 0.25) is 0 Å². The molecule has 0 bridgehead atoms. The van der Waals surface area contributed by atoms with E-state index >= 15 is 0 Å². The van der Waals surface area contributed by atoms with E-state index in [4.69, 9.17) is 4.74 Å². The van der Waals surface area contributed by atoms with Crippen LogP contribution in [0.3, 0.4) is 0 Å². The molecule has 1 aliphatic rings. The molecule has 1 amide bonds. The molecular formula is C25H18N2O3. The zero-order valence-corrected chi connectivity index (χ0v) is 16.3. The van der Waals surface area contributed by atoms with Gasteiger partial charge in [-0.15, -0.1) is 0 Å². The third kappa shape index (κ3) is 4.13. The summed E-state index contributed by atoms with van der Waals surface area (Å²) in [5.74, 6) is 6.29. The van der Waals surface area contributed by atoms with Crippen molar-refractivity contribution in [2.45, 2.75) is 6.42 Å². The number of amides is 1. The number of Topliss-reactive ketones (excluding diaryl/α,β-unsaturated/α-hetero) is 1. The molecule has 5 heteroatoms. The van der Waals surface area contributed by atoms with Crippen LogP contribution in [0.5, 0.6) is 5.75 Å². The van der Waals surface area contributed by atoms with Crippen molar-refractivity contribution in [2.75, 3.05) is 12.4 Å². The summed E-state index contributed by atoms with van der Waals surface area (Å²) in [4.78, 5) is 29.3. The SMILES string of the molecule is COc1ccc(CC#Cc2ccc3c(c2)C(=O)/C(=C\c2ccncc2)C(=O)N3)cc1. The molecule has 0 fully saturated rings. The molecule has 0 unspecified atom stereocenters. The van der Waals surface area contributed by atoms with Crippen LogP contribution in [0.4, 0.5) is 5.69 Å². The van der Waals surface area contributed by atoms with Crippen LogP contribution in [0.25, 0.3) is 6.08 Å². The fourth-order valence-electron chi connectivity index (χ4n) is 3.11. The van der Waals surface area contributed by atoms with Gasteiger partial charge in [0.15, 0.2) is 0 Å². The molecular weight excluding hydrogens is 376 g/mol. The highest BCUT2D eigenvalue weighted by atomic mass is 16.5. The smallest absolute Gasteiger partial charge is 0.259 e. The van der Waals surface area contributed by atoms with Crippen LogP contribution in [0, 0.1) is 11.8 Å². The normalized spacial score (nSPS) is 13.8. The number of ether oxygens (including phenoxy) is 1. The van der Waals surface area contributed by atoms with Crippen LogP contribution >= 0.6 is 0 Å². The van der Waals surface area contributed by atoms with Crippen molar-refractivity contribution in [3.8, 4) is 17.6 Å². The lowest BCUT2D eigenvalue weighted by Crippen LogP contribution is -2.27. The molecule has 0 saturated heterocycles. The maximum Gasteiger partial charge on any atom is 0.259 e. The highest BCUT2D eigenvalue weighted by molar-refractivity contribution is 6.36. The summed E-state index contributed by atoms with van der Waals surface area (Å²) in [5, 5.41) is 2.78. The molecule has 1 aromatic heterocycles. The van der Waals surface area contributed by atoms with Crippen LogP contribution in [0.15, 0.2) is 72.6 Å². The summed E-state index contributed by atoms with van der Waals surface area (Å²) in [6, 6.07) is 16.4. The number of methoxy groups -OCH3 is 1. The minimum atomic E-state index is -0.414. The van der Waals surface area contributed by atoms with E-state index in [1.165, 1.54) is 0 Å². The molecule has 0 aliphatic carbocycles. The van der Waals surface area contributed by atoms with Gasteiger partial charge in [-0.3, -0.25) is 14.6 Å². The van der Waals surface area contributed by atoms with Crippen LogP contribution in [-0.4, -0.2) is 23.8 Å². The molecule has 2 heterocycles. The maximum absolute atomic E-state index is 12.9. The Morgan fingerprint density at radius 1 is 1.03 bits per heavy atom. The number of ketones is 1. The van der Waals surface area contributed by atoms with E-state index in [2.05, 4.69) is 22.1 Å². The van der Waals surface area contributed by atoms with E-state index in [-0.39, 0.29) is 11.4 Å². The molecule has 1 aliphatic heterocycles. The Kier molecular flexibility index (Phi) is 5.40. The maximum atomic E-state index is 12.9. The minimum absolute atomic E-state index is 0.0945. The van der Waals surface area contributed by atoms with Gasteiger partial charge >= 0.3 is 0 Å². The molecule has 5 nitrogen and oxygen atoms in total. The molecule has 0 saturated carbocycles. The Labute approximate surface area is 174 Å². The molecule has 146 valence electrons. The van der Waals surface area contributed by atoms with Gasteiger partial charge < -0.3 is 10.1 Å². The fraction of sp³-hybridized carbons (Fsp3) is 0.0800. The number of aromatic nitrogens is 1.